The van der Waals surface area contributed by atoms with Gasteiger partial charge in [-0.2, -0.15) is 0 Å². The number of fused-ring (bicyclic) bond motifs is 2. The van der Waals surface area contributed by atoms with Gasteiger partial charge in [0.05, 0.1) is 12.6 Å². The summed E-state index contributed by atoms with van der Waals surface area (Å²) in [5, 5.41) is 15.7. The summed E-state index contributed by atoms with van der Waals surface area (Å²) in [6.07, 6.45) is 15.7. The largest absolute Gasteiger partial charge is 0.478 e. The number of aldehydes is 1. The monoisotopic (exact) mass is 585 g/mol. The summed E-state index contributed by atoms with van der Waals surface area (Å²) >= 11 is 0. The number of benzene rings is 2. The van der Waals surface area contributed by atoms with Crippen LogP contribution in [0.1, 0.15) is 87.3 Å². The van der Waals surface area contributed by atoms with Crippen LogP contribution < -0.4 is 16.8 Å². The SMILES string of the molecule is CCCCCCCCC1c2cc3cc(CC=O)ccc3cc2CCC1CC(Nc1ccc[nH]1)C(=CC(=O)O)CN=C(N)N. The van der Waals surface area contributed by atoms with E-state index in [1.165, 1.54) is 60.1 Å². The molecule has 0 spiro atoms. The van der Waals surface area contributed by atoms with Crippen molar-refractivity contribution in [3.05, 3.63) is 77.0 Å². The van der Waals surface area contributed by atoms with Crippen LogP contribution in [-0.2, 0) is 22.4 Å². The number of anilines is 1. The number of carboxylic acid groups (broad SMARTS) is 1. The normalized spacial score (nSPS) is 17.3. The number of aromatic amines is 1. The van der Waals surface area contributed by atoms with Crippen LogP contribution >= 0.6 is 0 Å². The third-order valence-corrected chi connectivity index (χ3v) is 8.77. The number of aliphatic imine (C=N–C) groups is 1. The maximum Gasteiger partial charge on any atom is 0.328 e. The topological polar surface area (TPSA) is 147 Å². The number of H-pyrrole nitrogens is 1. The lowest BCUT2D eigenvalue weighted by Crippen LogP contribution is -2.32. The van der Waals surface area contributed by atoms with E-state index < -0.39 is 5.97 Å². The second kappa shape index (κ2) is 16.0. The van der Waals surface area contributed by atoms with Crippen molar-refractivity contribution in [2.75, 3.05) is 11.9 Å². The van der Waals surface area contributed by atoms with E-state index in [2.05, 4.69) is 46.5 Å². The fraction of sp³-hybridized carbons (Fsp3) is 0.457. The van der Waals surface area contributed by atoms with E-state index in [0.29, 0.717) is 23.8 Å². The van der Waals surface area contributed by atoms with Gasteiger partial charge in [0.15, 0.2) is 5.96 Å². The number of nitrogens with zero attached hydrogens (tertiary/aromatic N) is 1. The van der Waals surface area contributed by atoms with Gasteiger partial charge in [0.1, 0.15) is 12.1 Å². The van der Waals surface area contributed by atoms with Crippen molar-refractivity contribution in [2.45, 2.75) is 89.5 Å². The zero-order chi connectivity index (χ0) is 30.6. The van der Waals surface area contributed by atoms with Crippen molar-refractivity contribution in [1.82, 2.24) is 4.98 Å². The summed E-state index contributed by atoms with van der Waals surface area (Å²) in [5.74, 6) is 0.416. The number of aryl methyl sites for hydroxylation is 1. The number of unbranched alkanes of at least 4 members (excludes halogenated alkanes) is 5. The zero-order valence-electron chi connectivity index (χ0n) is 25.4. The van der Waals surface area contributed by atoms with Gasteiger partial charge in [0.25, 0.3) is 0 Å². The molecule has 43 heavy (non-hydrogen) atoms. The molecule has 4 rings (SSSR count). The maximum absolute atomic E-state index is 11.9. The first-order valence-electron chi connectivity index (χ1n) is 15.8. The molecule has 1 heterocycles. The van der Waals surface area contributed by atoms with E-state index in [1.807, 2.05) is 24.4 Å². The minimum absolute atomic E-state index is 0.0664. The highest BCUT2D eigenvalue weighted by Crippen LogP contribution is 2.44. The predicted octanol–water partition coefficient (Wildman–Crippen LogP) is 6.46. The molecular weight excluding hydrogens is 538 g/mol. The molecule has 0 radical (unpaired) electrons. The second-order valence-corrected chi connectivity index (χ2v) is 11.9. The maximum atomic E-state index is 11.9. The summed E-state index contributed by atoms with van der Waals surface area (Å²) in [6, 6.07) is 14.6. The summed E-state index contributed by atoms with van der Waals surface area (Å²) in [7, 11) is 0. The van der Waals surface area contributed by atoms with Crippen LogP contribution in [0, 0.1) is 5.92 Å². The highest BCUT2D eigenvalue weighted by Gasteiger charge is 2.32. The molecule has 1 aromatic heterocycles. The Labute approximate surface area is 255 Å². The minimum Gasteiger partial charge on any atom is -0.478 e. The van der Waals surface area contributed by atoms with Crippen molar-refractivity contribution in [3.63, 3.8) is 0 Å². The zero-order valence-corrected chi connectivity index (χ0v) is 25.4. The Balaban J connectivity index is 1.68. The molecule has 230 valence electrons. The third-order valence-electron chi connectivity index (χ3n) is 8.77. The fourth-order valence-corrected chi connectivity index (χ4v) is 6.62. The quantitative estimate of drug-likeness (QED) is 0.0404. The molecule has 0 amide bonds. The number of nitrogens with two attached hydrogens (primary N) is 2. The molecular formula is C35H47N5O3. The molecule has 2 aromatic carbocycles. The minimum atomic E-state index is -1.02. The van der Waals surface area contributed by atoms with Crippen molar-refractivity contribution in [1.29, 1.82) is 0 Å². The fourth-order valence-electron chi connectivity index (χ4n) is 6.62. The first-order chi connectivity index (χ1) is 20.9. The van der Waals surface area contributed by atoms with Crippen LogP contribution in [0.3, 0.4) is 0 Å². The van der Waals surface area contributed by atoms with Gasteiger partial charge in [-0.3, -0.25) is 0 Å². The molecule has 0 saturated carbocycles. The molecule has 0 bridgehead atoms. The Kier molecular flexibility index (Phi) is 11.8. The summed E-state index contributed by atoms with van der Waals surface area (Å²) in [4.78, 5) is 30.5. The van der Waals surface area contributed by atoms with Gasteiger partial charge in [-0.05, 0) is 82.7 Å². The highest BCUT2D eigenvalue weighted by molar-refractivity contribution is 5.86. The van der Waals surface area contributed by atoms with Crippen molar-refractivity contribution in [3.8, 4) is 0 Å². The number of aromatic nitrogens is 1. The lowest BCUT2D eigenvalue weighted by atomic mass is 9.69. The molecule has 8 nitrogen and oxygen atoms in total. The second-order valence-electron chi connectivity index (χ2n) is 11.9. The molecule has 1 aliphatic rings. The number of carbonyl (C=O) groups is 2. The van der Waals surface area contributed by atoms with Gasteiger partial charge < -0.3 is 31.7 Å². The number of hydrogen-bond donors (Lipinski definition) is 5. The van der Waals surface area contributed by atoms with Crippen molar-refractivity contribution in [2.24, 2.45) is 22.4 Å². The smallest absolute Gasteiger partial charge is 0.328 e. The van der Waals surface area contributed by atoms with Crippen LogP contribution in [-0.4, -0.2) is 40.9 Å². The van der Waals surface area contributed by atoms with E-state index in [4.69, 9.17) is 11.5 Å². The van der Waals surface area contributed by atoms with Gasteiger partial charge in [0, 0.05) is 18.7 Å². The number of carbonyl (C=O) groups excluding carboxylic acids is 1. The molecule has 3 unspecified atom stereocenters. The van der Waals surface area contributed by atoms with Crippen molar-refractivity contribution < 1.29 is 14.7 Å². The molecule has 1 aliphatic carbocycles. The van der Waals surface area contributed by atoms with Gasteiger partial charge >= 0.3 is 5.97 Å². The molecule has 3 atom stereocenters. The Hall–Kier alpha value is -4.07. The number of rotatable bonds is 17. The standard InChI is InChI=1S/C35H47N5O3/c1-2-3-4-5-6-7-9-30-27(14-13-26-19-25-12-11-24(15-17-41)18-28(25)20-31(26)30)21-32(40-33-10-8-16-38-33)29(22-34(42)43)23-39-35(36)37/h8,10-12,16-20,22,27,30,32,38,40H,2-7,9,13-15,21,23H2,1H3,(H,42,43)(H4,36,37,39). The van der Waals surface area contributed by atoms with Gasteiger partial charge in [-0.25, -0.2) is 9.79 Å². The van der Waals surface area contributed by atoms with Gasteiger partial charge in [-0.1, -0.05) is 75.8 Å². The van der Waals surface area contributed by atoms with Crippen LogP contribution in [0.4, 0.5) is 5.82 Å². The predicted molar refractivity (Wildman–Crippen MR) is 175 cm³/mol. The number of guanidine groups is 1. The third kappa shape index (κ3) is 9.21. The van der Waals surface area contributed by atoms with E-state index in [9.17, 15) is 14.7 Å². The summed E-state index contributed by atoms with van der Waals surface area (Å²) in [5.41, 5.74) is 15.8. The van der Waals surface area contributed by atoms with Crippen LogP contribution in [0.5, 0.6) is 0 Å². The van der Waals surface area contributed by atoms with Crippen LogP contribution in [0.25, 0.3) is 10.8 Å². The van der Waals surface area contributed by atoms with Crippen LogP contribution in [0.2, 0.25) is 0 Å². The Morgan fingerprint density at radius 3 is 2.65 bits per heavy atom. The number of carboxylic acids is 1. The van der Waals surface area contributed by atoms with Crippen LogP contribution in [0.15, 0.2) is 65.3 Å². The Morgan fingerprint density at radius 2 is 1.93 bits per heavy atom. The Bertz CT molecular complexity index is 1410. The van der Waals surface area contributed by atoms with E-state index >= 15 is 0 Å². The van der Waals surface area contributed by atoms with Gasteiger partial charge in [-0.15, -0.1) is 0 Å². The van der Waals surface area contributed by atoms with E-state index in [-0.39, 0.29) is 18.5 Å². The number of hydrogen-bond acceptors (Lipinski definition) is 4. The average Bonchev–Trinajstić information content (AvgIpc) is 3.49. The van der Waals surface area contributed by atoms with Crippen molar-refractivity contribution >= 4 is 34.8 Å². The number of aliphatic carboxylic acids is 1. The summed E-state index contributed by atoms with van der Waals surface area (Å²) < 4.78 is 0. The molecule has 7 N–H and O–H groups in total. The molecule has 8 heteroatoms. The van der Waals surface area contributed by atoms with Gasteiger partial charge in [0.2, 0.25) is 0 Å². The van der Waals surface area contributed by atoms with E-state index in [1.54, 1.807) is 0 Å². The average molecular weight is 586 g/mol. The first-order valence-corrected chi connectivity index (χ1v) is 15.8. The summed E-state index contributed by atoms with van der Waals surface area (Å²) in [6.45, 7) is 2.36. The lowest BCUT2D eigenvalue weighted by Gasteiger charge is -2.37. The lowest BCUT2D eigenvalue weighted by molar-refractivity contribution is -0.131. The molecule has 3 aromatic rings. The molecule has 0 aliphatic heterocycles. The Morgan fingerprint density at radius 1 is 1.12 bits per heavy atom. The molecule has 0 saturated heterocycles. The van der Waals surface area contributed by atoms with E-state index in [0.717, 1.165) is 49.8 Å². The first kappa shape index (κ1) is 31.9. The molecule has 0 fully saturated rings. The highest BCUT2D eigenvalue weighted by atomic mass is 16.4. The number of nitrogens with one attached hydrogen (secondary N) is 2.